The maximum absolute atomic E-state index is 12.4. The molecular weight excluding hydrogens is 303 g/mol. The fraction of sp³-hybridized carbons (Fsp3) is 0.389. The smallest absolute Gasteiger partial charge is 0.399 e. The number of nitrogen functional groups attached to an aromatic ring is 1. The second kappa shape index (κ2) is 5.79. The predicted octanol–water partition coefficient (Wildman–Crippen LogP) is 1.78. The molecule has 2 aromatic rings. The zero-order chi connectivity index (χ0) is 17.5. The van der Waals surface area contributed by atoms with Crippen LogP contribution in [0.2, 0.25) is 0 Å². The lowest BCUT2D eigenvalue weighted by Crippen LogP contribution is -2.41. The first-order chi connectivity index (χ1) is 11.2. The van der Waals surface area contributed by atoms with Crippen LogP contribution in [0.4, 0.5) is 5.69 Å². The van der Waals surface area contributed by atoms with Crippen LogP contribution in [0.3, 0.4) is 0 Å². The highest BCUT2D eigenvalue weighted by atomic mass is 16.7. The zero-order valence-electron chi connectivity index (χ0n) is 14.6. The molecule has 24 heavy (non-hydrogen) atoms. The van der Waals surface area contributed by atoms with Crippen LogP contribution in [-0.4, -0.2) is 22.9 Å². The number of benzene rings is 1. The molecule has 2 N–H and O–H groups in total. The molecule has 1 aromatic carbocycles. The van der Waals surface area contributed by atoms with E-state index in [1.54, 1.807) is 16.8 Å². The number of nitrogens with two attached hydrogens (primary N) is 1. The highest BCUT2D eigenvalue weighted by molar-refractivity contribution is 6.62. The topological polar surface area (TPSA) is 66.5 Å². The molecule has 3 rings (SSSR count). The summed E-state index contributed by atoms with van der Waals surface area (Å²) in [6.45, 7) is 8.44. The minimum atomic E-state index is -0.542. The molecule has 1 aliphatic rings. The first-order valence-electron chi connectivity index (χ1n) is 8.09. The molecule has 1 fully saturated rings. The van der Waals surface area contributed by atoms with E-state index >= 15 is 0 Å². The normalized spacial score (nSPS) is 18.8. The average molecular weight is 326 g/mol. The summed E-state index contributed by atoms with van der Waals surface area (Å²) in [6.07, 6.45) is 1.77. The van der Waals surface area contributed by atoms with Gasteiger partial charge in [-0.3, -0.25) is 4.79 Å². The van der Waals surface area contributed by atoms with E-state index < -0.39 is 18.3 Å². The Morgan fingerprint density at radius 1 is 1.08 bits per heavy atom. The molecule has 1 saturated heterocycles. The SMILES string of the molecule is CC1(C)OB(c2cc(N)c(=O)n(Cc3ccccc3)c2)OC1(C)C. The molecule has 0 unspecified atom stereocenters. The Labute approximate surface area is 142 Å². The van der Waals surface area contributed by atoms with Crippen molar-refractivity contribution in [2.24, 2.45) is 0 Å². The average Bonchev–Trinajstić information content (AvgIpc) is 2.73. The molecule has 0 atom stereocenters. The van der Waals surface area contributed by atoms with Gasteiger partial charge in [0, 0.05) is 11.7 Å². The third-order valence-electron chi connectivity index (χ3n) is 4.86. The molecule has 1 aromatic heterocycles. The van der Waals surface area contributed by atoms with Crippen molar-refractivity contribution in [3.63, 3.8) is 0 Å². The molecule has 0 radical (unpaired) electrons. The minimum absolute atomic E-state index is 0.193. The molecule has 0 saturated carbocycles. The summed E-state index contributed by atoms with van der Waals surface area (Å²) in [4.78, 5) is 12.4. The summed E-state index contributed by atoms with van der Waals surface area (Å²) >= 11 is 0. The van der Waals surface area contributed by atoms with E-state index in [2.05, 4.69) is 0 Å². The summed E-state index contributed by atoms with van der Waals surface area (Å²) in [5.41, 5.74) is 6.83. The maximum atomic E-state index is 12.4. The quantitative estimate of drug-likeness (QED) is 0.873. The van der Waals surface area contributed by atoms with Gasteiger partial charge in [0.25, 0.3) is 5.56 Å². The van der Waals surface area contributed by atoms with Crippen LogP contribution in [0, 0.1) is 0 Å². The van der Waals surface area contributed by atoms with Crippen LogP contribution >= 0.6 is 0 Å². The molecule has 6 heteroatoms. The first-order valence-corrected chi connectivity index (χ1v) is 8.09. The number of aromatic nitrogens is 1. The van der Waals surface area contributed by atoms with Gasteiger partial charge in [-0.25, -0.2) is 0 Å². The van der Waals surface area contributed by atoms with Gasteiger partial charge in [-0.2, -0.15) is 0 Å². The van der Waals surface area contributed by atoms with Crippen molar-refractivity contribution in [1.29, 1.82) is 0 Å². The van der Waals surface area contributed by atoms with Gasteiger partial charge in [-0.05, 0) is 39.3 Å². The molecular formula is C18H23BN2O3. The van der Waals surface area contributed by atoms with Gasteiger partial charge in [-0.15, -0.1) is 0 Å². The molecule has 0 spiro atoms. The lowest BCUT2D eigenvalue weighted by molar-refractivity contribution is 0.00578. The van der Waals surface area contributed by atoms with Crippen LogP contribution in [0.15, 0.2) is 47.4 Å². The third-order valence-corrected chi connectivity index (χ3v) is 4.86. The van der Waals surface area contributed by atoms with E-state index in [9.17, 15) is 4.79 Å². The van der Waals surface area contributed by atoms with Gasteiger partial charge < -0.3 is 19.6 Å². The predicted molar refractivity (Wildman–Crippen MR) is 96.4 cm³/mol. The van der Waals surface area contributed by atoms with E-state index in [-0.39, 0.29) is 11.2 Å². The Kier molecular flexibility index (Phi) is 4.05. The van der Waals surface area contributed by atoms with Crippen LogP contribution < -0.4 is 16.8 Å². The van der Waals surface area contributed by atoms with Crippen molar-refractivity contribution >= 4 is 18.3 Å². The summed E-state index contributed by atoms with van der Waals surface area (Å²) in [5.74, 6) is 0. The van der Waals surface area contributed by atoms with Gasteiger partial charge in [-0.1, -0.05) is 30.3 Å². The van der Waals surface area contributed by atoms with Crippen LogP contribution in [-0.2, 0) is 15.9 Å². The van der Waals surface area contributed by atoms with Crippen LogP contribution in [0.25, 0.3) is 0 Å². The Hall–Kier alpha value is -2.05. The molecule has 2 heterocycles. The monoisotopic (exact) mass is 326 g/mol. The molecule has 0 aliphatic carbocycles. The van der Waals surface area contributed by atoms with Gasteiger partial charge in [0.1, 0.15) is 0 Å². The first kappa shape index (κ1) is 16.8. The molecule has 5 nitrogen and oxygen atoms in total. The number of pyridine rings is 1. The lowest BCUT2D eigenvalue weighted by Gasteiger charge is -2.32. The standard InChI is InChI=1S/C18H23BN2O3/c1-17(2)18(3,4)24-19(23-17)14-10-15(20)16(22)21(12-14)11-13-8-6-5-7-9-13/h5-10,12H,11,20H2,1-4H3. The van der Waals surface area contributed by atoms with E-state index in [0.29, 0.717) is 6.54 Å². The van der Waals surface area contributed by atoms with Crippen molar-refractivity contribution < 1.29 is 9.31 Å². The number of nitrogens with zero attached hydrogens (tertiary/aromatic N) is 1. The second-order valence-electron chi connectivity index (χ2n) is 7.24. The fourth-order valence-corrected chi connectivity index (χ4v) is 2.69. The van der Waals surface area contributed by atoms with E-state index in [1.165, 1.54) is 0 Å². The number of anilines is 1. The largest absolute Gasteiger partial charge is 0.496 e. The number of hydrogen-bond acceptors (Lipinski definition) is 4. The zero-order valence-corrected chi connectivity index (χ0v) is 14.6. The lowest BCUT2D eigenvalue weighted by atomic mass is 9.80. The highest BCUT2D eigenvalue weighted by Gasteiger charge is 2.51. The van der Waals surface area contributed by atoms with Gasteiger partial charge in [0.15, 0.2) is 0 Å². The van der Waals surface area contributed by atoms with E-state index in [1.807, 2.05) is 58.0 Å². The maximum Gasteiger partial charge on any atom is 0.496 e. The van der Waals surface area contributed by atoms with Crippen molar-refractivity contribution in [2.75, 3.05) is 5.73 Å². The summed E-state index contributed by atoms with van der Waals surface area (Å²) in [6, 6.07) is 11.4. The summed E-state index contributed by atoms with van der Waals surface area (Å²) in [5, 5.41) is 0. The second-order valence-corrected chi connectivity index (χ2v) is 7.24. The molecule has 0 amide bonds. The summed E-state index contributed by atoms with van der Waals surface area (Å²) < 4.78 is 13.7. The number of rotatable bonds is 3. The van der Waals surface area contributed by atoms with Crippen LogP contribution in [0.5, 0.6) is 0 Å². The van der Waals surface area contributed by atoms with Crippen molar-refractivity contribution in [3.8, 4) is 0 Å². The Morgan fingerprint density at radius 3 is 2.25 bits per heavy atom. The van der Waals surface area contributed by atoms with Gasteiger partial charge in [0.05, 0.1) is 23.4 Å². The number of hydrogen-bond donors (Lipinski definition) is 1. The Bertz CT molecular complexity index is 784. The Balaban J connectivity index is 1.95. The highest BCUT2D eigenvalue weighted by Crippen LogP contribution is 2.36. The minimum Gasteiger partial charge on any atom is -0.399 e. The molecule has 126 valence electrons. The summed E-state index contributed by atoms with van der Waals surface area (Å²) in [7, 11) is -0.542. The molecule has 0 bridgehead atoms. The molecule has 1 aliphatic heterocycles. The van der Waals surface area contributed by atoms with Crippen molar-refractivity contribution in [2.45, 2.75) is 45.4 Å². The van der Waals surface area contributed by atoms with Gasteiger partial charge >= 0.3 is 7.12 Å². The van der Waals surface area contributed by atoms with Crippen molar-refractivity contribution in [1.82, 2.24) is 4.57 Å². The Morgan fingerprint density at radius 2 is 1.67 bits per heavy atom. The van der Waals surface area contributed by atoms with Gasteiger partial charge in [0.2, 0.25) is 0 Å². The van der Waals surface area contributed by atoms with E-state index in [4.69, 9.17) is 15.0 Å². The third kappa shape index (κ3) is 2.99. The van der Waals surface area contributed by atoms with E-state index in [0.717, 1.165) is 11.0 Å². The fourth-order valence-electron chi connectivity index (χ4n) is 2.69. The van der Waals surface area contributed by atoms with Crippen molar-refractivity contribution in [3.05, 3.63) is 58.5 Å². The van der Waals surface area contributed by atoms with Crippen LogP contribution in [0.1, 0.15) is 33.3 Å².